The van der Waals surface area contributed by atoms with Crippen LogP contribution in [0.25, 0.3) is 11.0 Å². The molecule has 1 aromatic carbocycles. The molecule has 2 fully saturated rings. The number of furan rings is 1. The van der Waals surface area contributed by atoms with Crippen molar-refractivity contribution in [1.29, 1.82) is 0 Å². The number of fused-ring (bicyclic) bond motifs is 3. The van der Waals surface area contributed by atoms with Crippen LogP contribution in [0.4, 0.5) is 0 Å². The van der Waals surface area contributed by atoms with E-state index < -0.39 is 0 Å². The molecule has 0 aliphatic heterocycles. The smallest absolute Gasteiger partial charge is 0.134 e. The van der Waals surface area contributed by atoms with Gasteiger partial charge in [-0.1, -0.05) is 31.5 Å². The fourth-order valence-corrected chi connectivity index (χ4v) is 4.89. The minimum atomic E-state index is 0.132. The van der Waals surface area contributed by atoms with E-state index >= 15 is 0 Å². The highest BCUT2D eigenvalue weighted by Crippen LogP contribution is 2.51. The zero-order valence-corrected chi connectivity index (χ0v) is 12.8. The van der Waals surface area contributed by atoms with Gasteiger partial charge in [0, 0.05) is 23.4 Å². The summed E-state index contributed by atoms with van der Waals surface area (Å²) in [5.41, 5.74) is 8.90. The molecule has 2 bridgehead atoms. The molecule has 2 N–H and O–H groups in total. The number of rotatable bonds is 4. The molecule has 2 aliphatic rings. The second-order valence-electron chi connectivity index (χ2n) is 7.07. The Bertz CT molecular complexity index is 644. The van der Waals surface area contributed by atoms with Gasteiger partial charge >= 0.3 is 0 Å². The van der Waals surface area contributed by atoms with Crippen molar-refractivity contribution in [3.8, 4) is 0 Å². The van der Waals surface area contributed by atoms with Crippen LogP contribution in [0.5, 0.6) is 0 Å². The third-order valence-electron chi connectivity index (χ3n) is 5.84. The first-order valence-corrected chi connectivity index (χ1v) is 8.52. The molecular formula is C19H25NO. The van der Waals surface area contributed by atoms with Gasteiger partial charge in [-0.15, -0.1) is 0 Å². The molecular weight excluding hydrogens is 258 g/mol. The average molecular weight is 283 g/mol. The zero-order valence-electron chi connectivity index (χ0n) is 12.8. The molecule has 0 spiro atoms. The van der Waals surface area contributed by atoms with Crippen molar-refractivity contribution in [1.82, 2.24) is 0 Å². The highest BCUT2D eigenvalue weighted by Gasteiger charge is 2.40. The summed E-state index contributed by atoms with van der Waals surface area (Å²) in [4.78, 5) is 0. The Morgan fingerprint density at radius 1 is 1.24 bits per heavy atom. The number of hydrogen-bond donors (Lipinski definition) is 1. The predicted octanol–water partition coefficient (Wildman–Crippen LogP) is 4.82. The van der Waals surface area contributed by atoms with Gasteiger partial charge in [0.1, 0.15) is 11.3 Å². The zero-order chi connectivity index (χ0) is 14.4. The molecule has 4 atom stereocenters. The topological polar surface area (TPSA) is 39.2 Å². The first-order valence-electron chi connectivity index (χ1n) is 8.52. The van der Waals surface area contributed by atoms with Crippen molar-refractivity contribution < 1.29 is 4.42 Å². The van der Waals surface area contributed by atoms with Gasteiger partial charge in [0.25, 0.3) is 0 Å². The maximum absolute atomic E-state index is 6.63. The summed E-state index contributed by atoms with van der Waals surface area (Å²) in [6, 6.07) is 8.48. The SMILES string of the molecule is CCc1oc2ccccc2c1C(N)CC1CC2CCC1C2. The highest BCUT2D eigenvalue weighted by atomic mass is 16.3. The van der Waals surface area contributed by atoms with Crippen LogP contribution in [-0.2, 0) is 6.42 Å². The number of aryl methyl sites for hydroxylation is 1. The third-order valence-corrected chi connectivity index (χ3v) is 5.84. The van der Waals surface area contributed by atoms with Gasteiger partial charge in [-0.3, -0.25) is 0 Å². The lowest BCUT2D eigenvalue weighted by Gasteiger charge is -2.25. The van der Waals surface area contributed by atoms with Gasteiger partial charge in [-0.05, 0) is 49.5 Å². The first-order chi connectivity index (χ1) is 10.3. The molecule has 4 rings (SSSR count). The lowest BCUT2D eigenvalue weighted by Crippen LogP contribution is -2.20. The lowest BCUT2D eigenvalue weighted by atomic mass is 9.82. The summed E-state index contributed by atoms with van der Waals surface area (Å²) in [5, 5.41) is 1.23. The van der Waals surface area contributed by atoms with Crippen LogP contribution >= 0.6 is 0 Å². The highest BCUT2D eigenvalue weighted by molar-refractivity contribution is 5.82. The predicted molar refractivity (Wildman–Crippen MR) is 86.1 cm³/mol. The molecule has 21 heavy (non-hydrogen) atoms. The Hall–Kier alpha value is -1.28. The van der Waals surface area contributed by atoms with Gasteiger partial charge in [-0.2, -0.15) is 0 Å². The van der Waals surface area contributed by atoms with E-state index in [1.54, 1.807) is 0 Å². The maximum Gasteiger partial charge on any atom is 0.134 e. The van der Waals surface area contributed by atoms with Crippen LogP contribution in [0, 0.1) is 17.8 Å². The summed E-state index contributed by atoms with van der Waals surface area (Å²) >= 11 is 0. The van der Waals surface area contributed by atoms with E-state index in [9.17, 15) is 0 Å². The minimum absolute atomic E-state index is 0.132. The summed E-state index contributed by atoms with van der Waals surface area (Å²) in [7, 11) is 0. The fourth-order valence-electron chi connectivity index (χ4n) is 4.89. The van der Waals surface area contributed by atoms with Crippen LogP contribution in [0.3, 0.4) is 0 Å². The number of benzene rings is 1. The van der Waals surface area contributed by atoms with Crippen molar-refractivity contribution in [3.05, 3.63) is 35.6 Å². The summed E-state index contributed by atoms with van der Waals surface area (Å²) in [6.07, 6.45) is 7.84. The second-order valence-corrected chi connectivity index (χ2v) is 7.07. The molecule has 1 heterocycles. The lowest BCUT2D eigenvalue weighted by molar-refractivity contribution is 0.295. The van der Waals surface area contributed by atoms with Gasteiger partial charge in [-0.25, -0.2) is 0 Å². The fraction of sp³-hybridized carbons (Fsp3) is 0.579. The van der Waals surface area contributed by atoms with E-state index in [4.69, 9.17) is 10.2 Å². The van der Waals surface area contributed by atoms with E-state index in [1.807, 2.05) is 6.07 Å². The normalized spacial score (nSPS) is 29.3. The third kappa shape index (κ3) is 2.20. The Balaban J connectivity index is 1.62. The van der Waals surface area contributed by atoms with Crippen molar-refractivity contribution in [2.75, 3.05) is 0 Å². The molecule has 0 radical (unpaired) electrons. The summed E-state index contributed by atoms with van der Waals surface area (Å²) in [5.74, 6) is 3.88. The molecule has 0 amide bonds. The quantitative estimate of drug-likeness (QED) is 0.873. The standard InChI is InChI=1S/C19H25NO/c1-2-17-19(15-5-3-4-6-18(15)21-17)16(20)11-14-10-12-7-8-13(14)9-12/h3-6,12-14,16H,2,7-11,20H2,1H3. The largest absolute Gasteiger partial charge is 0.461 e. The van der Waals surface area contributed by atoms with Crippen LogP contribution in [0.15, 0.2) is 28.7 Å². The minimum Gasteiger partial charge on any atom is -0.461 e. The maximum atomic E-state index is 6.63. The van der Waals surface area contributed by atoms with Crippen LogP contribution in [-0.4, -0.2) is 0 Å². The molecule has 2 nitrogen and oxygen atoms in total. The van der Waals surface area contributed by atoms with Crippen LogP contribution in [0.2, 0.25) is 0 Å². The van der Waals surface area contributed by atoms with E-state index in [2.05, 4.69) is 25.1 Å². The van der Waals surface area contributed by atoms with Gasteiger partial charge in [0.2, 0.25) is 0 Å². The van der Waals surface area contributed by atoms with Crippen molar-refractivity contribution in [2.45, 2.75) is 51.5 Å². The Kier molecular flexibility index (Phi) is 3.30. The van der Waals surface area contributed by atoms with E-state index in [-0.39, 0.29) is 6.04 Å². The van der Waals surface area contributed by atoms with Gasteiger partial charge < -0.3 is 10.2 Å². The second kappa shape index (κ2) is 5.17. The molecule has 2 heteroatoms. The van der Waals surface area contributed by atoms with Crippen molar-refractivity contribution in [2.24, 2.45) is 23.5 Å². The van der Waals surface area contributed by atoms with E-state index in [0.717, 1.165) is 41.9 Å². The van der Waals surface area contributed by atoms with E-state index in [0.29, 0.717) is 0 Å². The number of nitrogens with two attached hydrogens (primary N) is 1. The van der Waals surface area contributed by atoms with Gasteiger partial charge in [0.05, 0.1) is 0 Å². The molecule has 2 aliphatic carbocycles. The molecule has 0 saturated heterocycles. The molecule has 2 aromatic rings. The van der Waals surface area contributed by atoms with E-state index in [1.165, 1.54) is 36.6 Å². The number of hydrogen-bond acceptors (Lipinski definition) is 2. The van der Waals surface area contributed by atoms with Crippen molar-refractivity contribution >= 4 is 11.0 Å². The first kappa shape index (κ1) is 13.4. The monoisotopic (exact) mass is 283 g/mol. The summed E-state index contributed by atoms with van der Waals surface area (Å²) < 4.78 is 6.02. The van der Waals surface area contributed by atoms with Crippen LogP contribution in [0.1, 0.15) is 56.4 Å². The molecule has 112 valence electrons. The Labute approximate surface area is 126 Å². The average Bonchev–Trinajstić information content (AvgIpc) is 3.19. The molecule has 1 aromatic heterocycles. The van der Waals surface area contributed by atoms with Gasteiger partial charge in [0.15, 0.2) is 0 Å². The van der Waals surface area contributed by atoms with Crippen molar-refractivity contribution in [3.63, 3.8) is 0 Å². The van der Waals surface area contributed by atoms with Crippen LogP contribution < -0.4 is 5.73 Å². The Morgan fingerprint density at radius 2 is 2.10 bits per heavy atom. The number of para-hydroxylation sites is 1. The summed E-state index contributed by atoms with van der Waals surface area (Å²) in [6.45, 7) is 2.16. The Morgan fingerprint density at radius 3 is 2.81 bits per heavy atom. The molecule has 2 saturated carbocycles. The molecule has 4 unspecified atom stereocenters.